The molecule has 0 bridgehead atoms. The summed E-state index contributed by atoms with van der Waals surface area (Å²) in [6.07, 6.45) is 5.43. The Balaban J connectivity index is 0.000000461. The molecule has 0 saturated carbocycles. The molecule has 2 aromatic carbocycles. The van der Waals surface area contributed by atoms with Gasteiger partial charge in [-0.1, -0.05) is 56.3 Å². The van der Waals surface area contributed by atoms with E-state index >= 15 is 0 Å². The molecule has 0 unspecified atom stereocenters. The summed E-state index contributed by atoms with van der Waals surface area (Å²) in [5.41, 5.74) is 2.38. The van der Waals surface area contributed by atoms with Gasteiger partial charge in [0.05, 0.1) is 18.2 Å². The van der Waals surface area contributed by atoms with Crippen LogP contribution in [0.4, 0.5) is 0 Å². The van der Waals surface area contributed by atoms with Gasteiger partial charge in [-0.2, -0.15) is 12.6 Å². The molecular formula is C17H22N2S. The van der Waals surface area contributed by atoms with Crippen LogP contribution >= 0.6 is 12.6 Å². The molecular weight excluding hydrogens is 264 g/mol. The van der Waals surface area contributed by atoms with Gasteiger partial charge in [0.2, 0.25) is 0 Å². The standard InChI is InChI=1S/C14H12N2.C2H6.CH4S/c1-16-10-15-9-14(16)13-8-4-6-11-5-2-3-7-12(11)13;2*1-2/h2-10H,1H3;1-2H3;2H,1H3. The SMILES string of the molecule is CC.CS.Cn1cncc1-c1cccc2ccccc12. The second-order valence-electron chi connectivity index (χ2n) is 3.92. The number of rotatable bonds is 1. The van der Waals surface area contributed by atoms with Crippen LogP contribution in [-0.2, 0) is 7.05 Å². The van der Waals surface area contributed by atoms with Gasteiger partial charge in [-0.15, -0.1) is 0 Å². The maximum absolute atomic E-state index is 4.17. The molecule has 1 aromatic heterocycles. The summed E-state index contributed by atoms with van der Waals surface area (Å²) in [5, 5.41) is 2.54. The molecule has 0 spiro atoms. The van der Waals surface area contributed by atoms with E-state index in [9.17, 15) is 0 Å². The van der Waals surface area contributed by atoms with Crippen LogP contribution in [0, 0.1) is 0 Å². The fourth-order valence-electron chi connectivity index (χ4n) is 2.07. The molecule has 0 fully saturated rings. The van der Waals surface area contributed by atoms with Crippen molar-refractivity contribution >= 4 is 23.4 Å². The molecule has 0 aliphatic heterocycles. The number of fused-ring (bicyclic) bond motifs is 1. The summed E-state index contributed by atoms with van der Waals surface area (Å²) in [6, 6.07) is 14.8. The highest BCUT2D eigenvalue weighted by Gasteiger charge is 2.05. The third-order valence-electron chi connectivity index (χ3n) is 2.88. The first-order chi connectivity index (χ1) is 9.86. The molecule has 3 aromatic rings. The molecule has 3 heteroatoms. The molecule has 0 N–H and O–H groups in total. The highest BCUT2D eigenvalue weighted by Crippen LogP contribution is 2.27. The summed E-state index contributed by atoms with van der Waals surface area (Å²) in [6.45, 7) is 4.00. The molecule has 3 rings (SSSR count). The molecule has 0 atom stereocenters. The van der Waals surface area contributed by atoms with Gasteiger partial charge in [-0.25, -0.2) is 4.98 Å². The van der Waals surface area contributed by atoms with Gasteiger partial charge in [0, 0.05) is 12.6 Å². The van der Waals surface area contributed by atoms with Gasteiger partial charge in [0.1, 0.15) is 0 Å². The minimum absolute atomic E-state index is 1.15. The first kappa shape index (κ1) is 16.3. The van der Waals surface area contributed by atoms with Crippen molar-refractivity contribution in [1.82, 2.24) is 9.55 Å². The Morgan fingerprint density at radius 2 is 1.60 bits per heavy atom. The maximum Gasteiger partial charge on any atom is 0.0948 e. The number of aryl methyl sites for hydroxylation is 1. The number of imidazole rings is 1. The average molecular weight is 286 g/mol. The van der Waals surface area contributed by atoms with E-state index in [1.807, 2.05) is 38.0 Å². The Bertz CT molecular complexity index is 639. The van der Waals surface area contributed by atoms with Crippen molar-refractivity contribution < 1.29 is 0 Å². The lowest BCUT2D eigenvalue weighted by Gasteiger charge is -2.06. The zero-order valence-corrected chi connectivity index (χ0v) is 13.4. The molecule has 0 aliphatic rings. The van der Waals surface area contributed by atoms with Crippen LogP contribution in [0.1, 0.15) is 13.8 Å². The smallest absolute Gasteiger partial charge is 0.0948 e. The second kappa shape index (κ2) is 8.43. The van der Waals surface area contributed by atoms with Crippen LogP contribution in [0.3, 0.4) is 0 Å². The first-order valence-corrected chi connectivity index (χ1v) is 7.65. The number of thiol groups is 1. The Kier molecular flexibility index (Phi) is 6.88. The van der Waals surface area contributed by atoms with E-state index in [1.54, 1.807) is 6.26 Å². The van der Waals surface area contributed by atoms with Gasteiger partial charge < -0.3 is 4.57 Å². The van der Waals surface area contributed by atoms with E-state index in [0.29, 0.717) is 0 Å². The fraction of sp³-hybridized carbons (Fsp3) is 0.235. The van der Waals surface area contributed by atoms with Gasteiger partial charge >= 0.3 is 0 Å². The first-order valence-electron chi connectivity index (χ1n) is 6.75. The van der Waals surface area contributed by atoms with Crippen molar-refractivity contribution in [1.29, 1.82) is 0 Å². The number of hydrogen-bond donors (Lipinski definition) is 1. The lowest BCUT2D eigenvalue weighted by molar-refractivity contribution is 0.922. The largest absolute Gasteiger partial charge is 0.334 e. The van der Waals surface area contributed by atoms with Crippen molar-refractivity contribution in [3.63, 3.8) is 0 Å². The Morgan fingerprint density at radius 3 is 2.25 bits per heavy atom. The zero-order valence-electron chi connectivity index (χ0n) is 12.5. The average Bonchev–Trinajstić information content (AvgIpc) is 2.97. The molecule has 1 heterocycles. The molecule has 106 valence electrons. The van der Waals surface area contributed by atoms with Crippen LogP contribution in [-0.4, -0.2) is 15.8 Å². The highest BCUT2D eigenvalue weighted by atomic mass is 32.1. The summed E-state index contributed by atoms with van der Waals surface area (Å²) >= 11 is 3.53. The number of hydrogen-bond acceptors (Lipinski definition) is 2. The predicted molar refractivity (Wildman–Crippen MR) is 92.4 cm³/mol. The van der Waals surface area contributed by atoms with E-state index in [-0.39, 0.29) is 0 Å². The Labute approximate surface area is 126 Å². The van der Waals surface area contributed by atoms with Gasteiger partial charge in [0.15, 0.2) is 0 Å². The van der Waals surface area contributed by atoms with E-state index in [1.165, 1.54) is 16.3 Å². The van der Waals surface area contributed by atoms with Crippen molar-refractivity contribution in [2.24, 2.45) is 7.05 Å². The van der Waals surface area contributed by atoms with Crippen molar-refractivity contribution in [3.8, 4) is 11.3 Å². The lowest BCUT2D eigenvalue weighted by atomic mass is 10.0. The quantitative estimate of drug-likeness (QED) is 0.635. The maximum atomic E-state index is 4.17. The summed E-state index contributed by atoms with van der Waals surface area (Å²) in [7, 11) is 2.02. The Morgan fingerprint density at radius 1 is 0.950 bits per heavy atom. The minimum atomic E-state index is 1.15. The molecule has 0 radical (unpaired) electrons. The number of benzene rings is 2. The van der Waals surface area contributed by atoms with Crippen molar-refractivity contribution in [2.75, 3.05) is 6.26 Å². The monoisotopic (exact) mass is 286 g/mol. The molecule has 0 aliphatic carbocycles. The van der Waals surface area contributed by atoms with E-state index in [0.717, 1.165) is 5.69 Å². The van der Waals surface area contributed by atoms with E-state index < -0.39 is 0 Å². The third kappa shape index (κ3) is 3.42. The fourth-order valence-corrected chi connectivity index (χ4v) is 2.07. The van der Waals surface area contributed by atoms with Crippen LogP contribution in [0.25, 0.3) is 22.0 Å². The van der Waals surface area contributed by atoms with Gasteiger partial charge in [-0.05, 0) is 17.0 Å². The van der Waals surface area contributed by atoms with Crippen molar-refractivity contribution in [2.45, 2.75) is 13.8 Å². The van der Waals surface area contributed by atoms with Crippen LogP contribution in [0.5, 0.6) is 0 Å². The van der Waals surface area contributed by atoms with Crippen LogP contribution in [0.15, 0.2) is 55.0 Å². The van der Waals surface area contributed by atoms with Crippen LogP contribution in [0.2, 0.25) is 0 Å². The van der Waals surface area contributed by atoms with E-state index in [4.69, 9.17) is 0 Å². The van der Waals surface area contributed by atoms with Gasteiger partial charge in [0.25, 0.3) is 0 Å². The third-order valence-corrected chi connectivity index (χ3v) is 2.88. The normalized spacial score (nSPS) is 9.25. The summed E-state index contributed by atoms with van der Waals surface area (Å²) in [5.74, 6) is 0. The predicted octanol–water partition coefficient (Wildman–Crippen LogP) is 4.81. The topological polar surface area (TPSA) is 17.8 Å². The minimum Gasteiger partial charge on any atom is -0.334 e. The zero-order chi connectivity index (χ0) is 15.0. The molecule has 20 heavy (non-hydrogen) atoms. The molecule has 2 nitrogen and oxygen atoms in total. The molecule has 0 saturated heterocycles. The Hall–Kier alpha value is -1.74. The highest BCUT2D eigenvalue weighted by molar-refractivity contribution is 7.79. The summed E-state index contributed by atoms with van der Waals surface area (Å²) in [4.78, 5) is 4.17. The number of nitrogens with zero attached hydrogens (tertiary/aromatic N) is 2. The second-order valence-corrected chi connectivity index (χ2v) is 3.92. The number of aromatic nitrogens is 2. The summed E-state index contributed by atoms with van der Waals surface area (Å²) < 4.78 is 2.04. The van der Waals surface area contributed by atoms with Crippen LogP contribution < -0.4 is 0 Å². The van der Waals surface area contributed by atoms with Crippen molar-refractivity contribution in [3.05, 3.63) is 55.0 Å². The lowest BCUT2D eigenvalue weighted by Crippen LogP contribution is -1.89. The molecule has 0 amide bonds. The van der Waals surface area contributed by atoms with Gasteiger partial charge in [-0.3, -0.25) is 0 Å². The van der Waals surface area contributed by atoms with E-state index in [2.05, 4.69) is 60.1 Å².